The molecule has 0 saturated heterocycles. The second-order valence-electron chi connectivity index (χ2n) is 8.97. The standard InChI is InChI=1S/C25H28N4O6S/c1-14(2)12-29-23-20(22(31)26(4)24(29)32)21(35-25(33)27(5)34-6)19(36-23)11-16-13-28(15(3)30)18-10-8-7-9-17(16)18/h7-10,13-14H,11-12H2,1-6H3. The molecule has 4 aromatic rings. The van der Waals surface area contributed by atoms with E-state index in [9.17, 15) is 19.2 Å². The van der Waals surface area contributed by atoms with Gasteiger partial charge in [0, 0.05) is 45.6 Å². The molecule has 0 fully saturated rings. The van der Waals surface area contributed by atoms with Gasteiger partial charge < -0.3 is 4.74 Å². The van der Waals surface area contributed by atoms with Gasteiger partial charge >= 0.3 is 11.8 Å². The summed E-state index contributed by atoms with van der Waals surface area (Å²) >= 11 is 1.23. The molecule has 3 heterocycles. The Kier molecular flexibility index (Phi) is 6.87. The van der Waals surface area contributed by atoms with E-state index in [4.69, 9.17) is 9.57 Å². The monoisotopic (exact) mass is 512 g/mol. The van der Waals surface area contributed by atoms with Gasteiger partial charge in [-0.1, -0.05) is 32.0 Å². The fourth-order valence-electron chi connectivity index (χ4n) is 4.15. The molecule has 0 bridgehead atoms. The van der Waals surface area contributed by atoms with Gasteiger partial charge in [-0.25, -0.2) is 9.59 Å². The van der Waals surface area contributed by atoms with E-state index in [2.05, 4.69) is 0 Å². The molecule has 3 aromatic heterocycles. The van der Waals surface area contributed by atoms with Crippen LogP contribution in [-0.4, -0.2) is 44.9 Å². The molecule has 0 saturated carbocycles. The van der Waals surface area contributed by atoms with Crippen molar-refractivity contribution in [3.05, 3.63) is 61.7 Å². The second kappa shape index (κ2) is 9.75. The smallest absolute Gasteiger partial charge is 0.407 e. The van der Waals surface area contributed by atoms with Gasteiger partial charge in [0.15, 0.2) is 5.75 Å². The third kappa shape index (κ3) is 4.35. The van der Waals surface area contributed by atoms with Gasteiger partial charge in [0.2, 0.25) is 5.91 Å². The van der Waals surface area contributed by atoms with Gasteiger partial charge in [0.1, 0.15) is 10.2 Å². The Hall–Kier alpha value is -3.70. The molecule has 4 rings (SSSR count). The topological polar surface area (TPSA) is 105 Å². The molecule has 0 aliphatic carbocycles. The first-order chi connectivity index (χ1) is 17.0. The van der Waals surface area contributed by atoms with Crippen LogP contribution in [0.1, 0.15) is 36.0 Å². The second-order valence-corrected chi connectivity index (χ2v) is 10.1. The maximum absolute atomic E-state index is 13.3. The van der Waals surface area contributed by atoms with Crippen LogP contribution in [0.4, 0.5) is 4.79 Å². The molecule has 0 unspecified atom stereocenters. The number of hydrogen-bond acceptors (Lipinski definition) is 7. The molecule has 0 spiro atoms. The van der Waals surface area contributed by atoms with Crippen molar-refractivity contribution >= 4 is 44.5 Å². The van der Waals surface area contributed by atoms with Gasteiger partial charge in [0.05, 0.1) is 17.5 Å². The van der Waals surface area contributed by atoms with E-state index in [0.717, 1.165) is 26.1 Å². The van der Waals surface area contributed by atoms with E-state index in [-0.39, 0.29) is 29.4 Å². The highest BCUT2D eigenvalue weighted by Crippen LogP contribution is 2.38. The summed E-state index contributed by atoms with van der Waals surface area (Å²) in [6, 6.07) is 7.50. The van der Waals surface area contributed by atoms with Gasteiger partial charge in [-0.2, -0.15) is 5.06 Å². The number of rotatable bonds is 6. The Balaban J connectivity index is 2.00. The largest absolute Gasteiger partial charge is 0.439 e. The summed E-state index contributed by atoms with van der Waals surface area (Å²) in [6.07, 6.45) is 1.22. The fraction of sp³-hybridized carbons (Fsp3) is 0.360. The van der Waals surface area contributed by atoms with E-state index < -0.39 is 17.3 Å². The Morgan fingerprint density at radius 3 is 2.50 bits per heavy atom. The SMILES string of the molecule is CON(C)C(=O)Oc1c(Cc2cn(C(C)=O)c3ccccc23)sc2c1c(=O)n(C)c(=O)n2CC(C)C. The minimum absolute atomic E-state index is 0.0849. The predicted molar refractivity (Wildman–Crippen MR) is 138 cm³/mol. The van der Waals surface area contributed by atoms with Crippen molar-refractivity contribution in [1.82, 2.24) is 18.8 Å². The van der Waals surface area contributed by atoms with Gasteiger partial charge in [0.25, 0.3) is 5.56 Å². The van der Waals surface area contributed by atoms with Crippen LogP contribution in [0.2, 0.25) is 0 Å². The molecule has 190 valence electrons. The lowest BCUT2D eigenvalue weighted by molar-refractivity contribution is -0.0789. The highest BCUT2D eigenvalue weighted by molar-refractivity contribution is 7.19. The summed E-state index contributed by atoms with van der Waals surface area (Å²) in [4.78, 5) is 57.2. The summed E-state index contributed by atoms with van der Waals surface area (Å²) in [5.74, 6) is 0.0802. The number of carbonyl (C=O) groups excluding carboxylic acids is 2. The Bertz CT molecular complexity index is 1610. The lowest BCUT2D eigenvalue weighted by atomic mass is 10.1. The summed E-state index contributed by atoms with van der Waals surface area (Å²) in [6.45, 7) is 5.82. The zero-order chi connectivity index (χ0) is 26.3. The molecular formula is C25H28N4O6S. The number of fused-ring (bicyclic) bond motifs is 2. The normalized spacial score (nSPS) is 11.5. The Morgan fingerprint density at radius 1 is 1.17 bits per heavy atom. The van der Waals surface area contributed by atoms with Gasteiger partial charge in [-0.3, -0.25) is 28.1 Å². The molecule has 0 aliphatic rings. The quantitative estimate of drug-likeness (QED) is 0.366. The van der Waals surface area contributed by atoms with Crippen molar-refractivity contribution in [2.45, 2.75) is 33.7 Å². The summed E-state index contributed by atoms with van der Waals surface area (Å²) in [7, 11) is 4.12. The molecule has 11 heteroatoms. The number of hydrogen-bond donors (Lipinski definition) is 0. The first kappa shape index (κ1) is 25.4. The molecule has 0 radical (unpaired) electrons. The number of thiophene rings is 1. The molecule has 0 aliphatic heterocycles. The molecule has 0 atom stereocenters. The molecule has 10 nitrogen and oxygen atoms in total. The number of aromatic nitrogens is 3. The number of amides is 1. The first-order valence-electron chi connectivity index (χ1n) is 11.4. The van der Waals surface area contributed by atoms with Crippen LogP contribution in [0.15, 0.2) is 40.1 Å². The molecule has 0 N–H and O–H groups in total. The van der Waals surface area contributed by atoms with Crippen molar-refractivity contribution < 1.29 is 19.2 Å². The van der Waals surface area contributed by atoms with Crippen molar-refractivity contribution in [1.29, 1.82) is 0 Å². The predicted octanol–water partition coefficient (Wildman–Crippen LogP) is 3.62. The zero-order valence-electron chi connectivity index (χ0n) is 21.0. The summed E-state index contributed by atoms with van der Waals surface area (Å²) < 4.78 is 9.84. The third-order valence-corrected chi connectivity index (χ3v) is 7.14. The minimum Gasteiger partial charge on any atom is -0.407 e. The maximum atomic E-state index is 13.3. The van der Waals surface area contributed by atoms with Crippen LogP contribution in [-0.2, 0) is 24.9 Å². The highest BCUT2D eigenvalue weighted by atomic mass is 32.1. The lowest BCUT2D eigenvalue weighted by Crippen LogP contribution is -2.38. The van der Waals surface area contributed by atoms with Crippen molar-refractivity contribution in [2.75, 3.05) is 14.2 Å². The lowest BCUT2D eigenvalue weighted by Gasteiger charge is -2.14. The zero-order valence-corrected chi connectivity index (χ0v) is 21.8. The molecular weight excluding hydrogens is 484 g/mol. The van der Waals surface area contributed by atoms with Crippen LogP contribution in [0, 0.1) is 5.92 Å². The number of ether oxygens (including phenoxy) is 1. The van der Waals surface area contributed by atoms with Crippen molar-refractivity contribution in [3.8, 4) is 5.75 Å². The fourth-order valence-corrected chi connectivity index (χ4v) is 5.40. The van der Waals surface area contributed by atoms with Crippen molar-refractivity contribution in [3.63, 3.8) is 0 Å². The van der Waals surface area contributed by atoms with E-state index in [1.165, 1.54) is 39.5 Å². The van der Waals surface area contributed by atoms with Crippen LogP contribution >= 0.6 is 11.3 Å². The number of hydroxylamine groups is 2. The van der Waals surface area contributed by atoms with Gasteiger partial charge in [-0.05, 0) is 17.5 Å². The van der Waals surface area contributed by atoms with Crippen LogP contribution in [0.25, 0.3) is 21.1 Å². The number of para-hydroxylation sites is 1. The Morgan fingerprint density at radius 2 is 1.86 bits per heavy atom. The average molecular weight is 513 g/mol. The first-order valence-corrected chi connectivity index (χ1v) is 12.2. The highest BCUT2D eigenvalue weighted by Gasteiger charge is 2.26. The van der Waals surface area contributed by atoms with E-state index in [0.29, 0.717) is 16.3 Å². The molecule has 1 amide bonds. The van der Waals surface area contributed by atoms with Crippen LogP contribution < -0.4 is 16.0 Å². The summed E-state index contributed by atoms with van der Waals surface area (Å²) in [5.41, 5.74) is 0.589. The molecule has 1 aromatic carbocycles. The minimum atomic E-state index is -0.812. The Labute approximate surface area is 210 Å². The van der Waals surface area contributed by atoms with E-state index in [1.807, 2.05) is 38.1 Å². The summed E-state index contributed by atoms with van der Waals surface area (Å²) in [5, 5.41) is 1.93. The van der Waals surface area contributed by atoms with Gasteiger partial charge in [-0.15, -0.1) is 11.3 Å². The molecule has 36 heavy (non-hydrogen) atoms. The van der Waals surface area contributed by atoms with Crippen LogP contribution in [0.3, 0.4) is 0 Å². The van der Waals surface area contributed by atoms with Crippen molar-refractivity contribution in [2.24, 2.45) is 13.0 Å². The average Bonchev–Trinajstić information content (AvgIpc) is 3.39. The number of carbonyl (C=O) groups is 2. The third-order valence-electron chi connectivity index (χ3n) is 5.95. The maximum Gasteiger partial charge on any atom is 0.439 e. The van der Waals surface area contributed by atoms with E-state index in [1.54, 1.807) is 15.3 Å². The number of nitrogens with zero attached hydrogens (tertiary/aromatic N) is 4. The van der Waals surface area contributed by atoms with Crippen LogP contribution in [0.5, 0.6) is 5.75 Å². The number of benzene rings is 1. The van der Waals surface area contributed by atoms with E-state index >= 15 is 0 Å².